The molecule has 0 saturated carbocycles. The monoisotopic (exact) mass is 339 g/mol. The van der Waals surface area contributed by atoms with Gasteiger partial charge in [0.1, 0.15) is 11.5 Å². The summed E-state index contributed by atoms with van der Waals surface area (Å²) in [7, 11) is 0. The number of nitrogens with zero attached hydrogens (tertiary/aromatic N) is 1. The zero-order valence-corrected chi connectivity index (χ0v) is 14.1. The van der Waals surface area contributed by atoms with Gasteiger partial charge in [-0.3, -0.25) is 9.59 Å². The number of ether oxygens (including phenoxy) is 2. The molecule has 0 N–H and O–H groups in total. The molecule has 5 heteroatoms. The number of benzene rings is 1. The smallest absolute Gasteiger partial charge is 0.312 e. The number of carbonyl (C=O) groups is 2. The third kappa shape index (κ3) is 2.12. The van der Waals surface area contributed by atoms with Crippen LogP contribution in [0.2, 0.25) is 0 Å². The first-order valence-corrected chi connectivity index (χ1v) is 8.67. The third-order valence-electron chi connectivity index (χ3n) is 5.40. The van der Waals surface area contributed by atoms with Gasteiger partial charge in [0, 0.05) is 5.69 Å². The molecule has 0 radical (unpaired) electrons. The van der Waals surface area contributed by atoms with E-state index >= 15 is 0 Å². The Labute approximate surface area is 146 Å². The molecule has 2 fully saturated rings. The molecule has 1 aromatic rings. The van der Waals surface area contributed by atoms with Gasteiger partial charge in [-0.15, -0.1) is 6.58 Å². The molecule has 2 saturated heterocycles. The zero-order valence-electron chi connectivity index (χ0n) is 14.1. The van der Waals surface area contributed by atoms with Crippen LogP contribution in [0.1, 0.15) is 13.3 Å². The molecule has 0 unspecified atom stereocenters. The Morgan fingerprint density at radius 3 is 2.84 bits per heavy atom. The Hall–Kier alpha value is -2.40. The first-order valence-electron chi connectivity index (χ1n) is 8.67. The van der Waals surface area contributed by atoms with Crippen LogP contribution in [0.5, 0.6) is 0 Å². The van der Waals surface area contributed by atoms with Gasteiger partial charge in [0.25, 0.3) is 0 Å². The highest BCUT2D eigenvalue weighted by molar-refractivity contribution is 6.03. The number of para-hydroxylation sites is 1. The van der Waals surface area contributed by atoms with E-state index in [2.05, 4.69) is 6.58 Å². The van der Waals surface area contributed by atoms with Crippen molar-refractivity contribution in [2.24, 2.45) is 11.8 Å². The lowest BCUT2D eigenvalue weighted by molar-refractivity contribution is -0.151. The van der Waals surface area contributed by atoms with Gasteiger partial charge in [0.15, 0.2) is 0 Å². The summed E-state index contributed by atoms with van der Waals surface area (Å²) < 4.78 is 11.5. The Kier molecular flexibility index (Phi) is 3.76. The van der Waals surface area contributed by atoms with E-state index in [4.69, 9.17) is 9.47 Å². The van der Waals surface area contributed by atoms with Gasteiger partial charge in [0.2, 0.25) is 5.91 Å². The van der Waals surface area contributed by atoms with Crippen molar-refractivity contribution in [3.05, 3.63) is 55.1 Å². The first kappa shape index (κ1) is 16.1. The fourth-order valence-corrected chi connectivity index (χ4v) is 4.50. The number of carbonyl (C=O) groups excluding carboxylic acids is 2. The van der Waals surface area contributed by atoms with Crippen LogP contribution in [0, 0.1) is 11.8 Å². The summed E-state index contributed by atoms with van der Waals surface area (Å²) in [6.07, 6.45) is 5.86. The summed E-state index contributed by atoms with van der Waals surface area (Å²) in [5, 5.41) is 0. The van der Waals surface area contributed by atoms with E-state index in [0.717, 1.165) is 5.69 Å². The van der Waals surface area contributed by atoms with E-state index in [1.54, 1.807) is 17.9 Å². The normalized spacial score (nSPS) is 35.1. The minimum Gasteiger partial charge on any atom is -0.466 e. The summed E-state index contributed by atoms with van der Waals surface area (Å²) in [5.74, 6) is -1.57. The molecule has 5 nitrogen and oxygen atoms in total. The molecular weight excluding hydrogens is 318 g/mol. The number of hydrogen-bond acceptors (Lipinski definition) is 4. The van der Waals surface area contributed by atoms with Crippen molar-refractivity contribution in [1.29, 1.82) is 0 Å². The van der Waals surface area contributed by atoms with Crippen molar-refractivity contribution in [2.45, 2.75) is 31.1 Å². The Bertz CT molecular complexity index is 743. The molecule has 1 aromatic carbocycles. The van der Waals surface area contributed by atoms with E-state index in [1.807, 2.05) is 42.5 Å². The second-order valence-electron chi connectivity index (χ2n) is 6.63. The van der Waals surface area contributed by atoms with Gasteiger partial charge in [-0.05, 0) is 25.5 Å². The largest absolute Gasteiger partial charge is 0.466 e. The van der Waals surface area contributed by atoms with Gasteiger partial charge in [-0.25, -0.2) is 0 Å². The molecule has 25 heavy (non-hydrogen) atoms. The second-order valence-corrected chi connectivity index (χ2v) is 6.63. The summed E-state index contributed by atoms with van der Waals surface area (Å²) in [6, 6.07) is 9.30. The molecular formula is C20H21NO4. The molecule has 130 valence electrons. The maximum Gasteiger partial charge on any atom is 0.312 e. The number of hydrogen-bond donors (Lipinski definition) is 0. The number of esters is 1. The maximum absolute atomic E-state index is 13.3. The summed E-state index contributed by atoms with van der Waals surface area (Å²) >= 11 is 0. The van der Waals surface area contributed by atoms with Crippen molar-refractivity contribution in [1.82, 2.24) is 0 Å². The van der Waals surface area contributed by atoms with Crippen molar-refractivity contribution in [3.8, 4) is 0 Å². The highest BCUT2D eigenvalue weighted by Gasteiger charge is 2.71. The quantitative estimate of drug-likeness (QED) is 0.611. The average Bonchev–Trinajstić information content (AvgIpc) is 3.25. The van der Waals surface area contributed by atoms with Crippen LogP contribution in [0.4, 0.5) is 5.69 Å². The van der Waals surface area contributed by atoms with Gasteiger partial charge in [0.05, 0.1) is 24.7 Å². The predicted molar refractivity (Wildman–Crippen MR) is 92.9 cm³/mol. The van der Waals surface area contributed by atoms with Crippen molar-refractivity contribution < 1.29 is 19.1 Å². The van der Waals surface area contributed by atoms with Crippen LogP contribution in [0.25, 0.3) is 0 Å². The molecule has 5 atom stereocenters. The standard InChI is InChI=1S/C20H21NO4/c1-3-8-15-20-12-11-14(25-20)16(19(23)24-4-2)17(20)18(22)21(15)13-9-6-5-7-10-13/h3,5-7,9-12,14-17H,1,4,8H2,2H3/t14-,15-,16-,17+,20-/m1/s1. The Morgan fingerprint density at radius 2 is 2.16 bits per heavy atom. The van der Waals surface area contributed by atoms with Crippen LogP contribution in [-0.4, -0.2) is 36.2 Å². The fourth-order valence-electron chi connectivity index (χ4n) is 4.50. The van der Waals surface area contributed by atoms with E-state index in [0.29, 0.717) is 6.42 Å². The number of fused-ring (bicyclic) bond motifs is 1. The molecule has 3 aliphatic rings. The molecule has 1 spiro atoms. The average molecular weight is 339 g/mol. The number of amides is 1. The SMILES string of the molecule is C=CC[C@H]1N(c2ccccc2)C(=O)[C@@H]2[C@H](C(=O)OCC)[C@H]3C=C[C@]21O3. The first-order chi connectivity index (χ1) is 12.1. The minimum absolute atomic E-state index is 0.0806. The van der Waals surface area contributed by atoms with Crippen molar-refractivity contribution in [3.63, 3.8) is 0 Å². The second kappa shape index (κ2) is 5.85. The molecule has 0 aliphatic carbocycles. The van der Waals surface area contributed by atoms with Crippen LogP contribution in [0.15, 0.2) is 55.1 Å². The van der Waals surface area contributed by atoms with E-state index in [1.165, 1.54) is 0 Å². The van der Waals surface area contributed by atoms with Crippen LogP contribution >= 0.6 is 0 Å². The minimum atomic E-state index is -0.788. The van der Waals surface area contributed by atoms with E-state index < -0.39 is 23.5 Å². The lowest BCUT2D eigenvalue weighted by Gasteiger charge is -2.32. The lowest BCUT2D eigenvalue weighted by atomic mass is 9.74. The van der Waals surface area contributed by atoms with Crippen molar-refractivity contribution in [2.75, 3.05) is 11.5 Å². The molecule has 3 aliphatic heterocycles. The predicted octanol–water partition coefficient (Wildman–Crippen LogP) is 2.48. The third-order valence-corrected chi connectivity index (χ3v) is 5.40. The highest BCUT2D eigenvalue weighted by Crippen LogP contribution is 2.56. The Balaban J connectivity index is 1.79. The zero-order chi connectivity index (χ0) is 17.6. The van der Waals surface area contributed by atoms with E-state index in [9.17, 15) is 9.59 Å². The summed E-state index contributed by atoms with van der Waals surface area (Å²) in [5.41, 5.74) is 0.0228. The Morgan fingerprint density at radius 1 is 1.40 bits per heavy atom. The van der Waals surface area contributed by atoms with E-state index in [-0.39, 0.29) is 24.5 Å². The number of rotatable bonds is 5. The molecule has 0 aromatic heterocycles. The fraction of sp³-hybridized carbons (Fsp3) is 0.400. The van der Waals surface area contributed by atoms with Crippen LogP contribution in [-0.2, 0) is 19.1 Å². The molecule has 2 bridgehead atoms. The maximum atomic E-state index is 13.3. The van der Waals surface area contributed by atoms with Gasteiger partial charge >= 0.3 is 5.97 Å². The van der Waals surface area contributed by atoms with Crippen molar-refractivity contribution >= 4 is 17.6 Å². The molecule has 1 amide bonds. The highest BCUT2D eigenvalue weighted by atomic mass is 16.6. The molecule has 4 rings (SSSR count). The lowest BCUT2D eigenvalue weighted by Crippen LogP contribution is -2.45. The van der Waals surface area contributed by atoms with Gasteiger partial charge < -0.3 is 14.4 Å². The van der Waals surface area contributed by atoms with Crippen LogP contribution in [0.3, 0.4) is 0 Å². The van der Waals surface area contributed by atoms with Gasteiger partial charge in [-0.1, -0.05) is 36.4 Å². The topological polar surface area (TPSA) is 55.8 Å². The summed E-state index contributed by atoms with van der Waals surface area (Å²) in [4.78, 5) is 27.6. The molecule has 3 heterocycles. The van der Waals surface area contributed by atoms with Crippen LogP contribution < -0.4 is 4.90 Å². The number of anilines is 1. The summed E-state index contributed by atoms with van der Waals surface area (Å²) in [6.45, 7) is 5.90. The van der Waals surface area contributed by atoms with Gasteiger partial charge in [-0.2, -0.15) is 0 Å².